The number of thioether (sulfide) groups is 2. The number of fused-ring (bicyclic) bond motifs is 1. The predicted octanol–water partition coefficient (Wildman–Crippen LogP) is 3.33. The van der Waals surface area contributed by atoms with Crippen molar-refractivity contribution >= 4 is 58.7 Å². The molecule has 2 aromatic rings. The van der Waals surface area contributed by atoms with Gasteiger partial charge in [0.15, 0.2) is 4.34 Å². The number of β-lactam (4-membered cyclic amide) rings is 1. The van der Waals surface area contributed by atoms with Crippen LogP contribution in [-0.2, 0) is 19.1 Å². The standard InChI is InChI=1S/C25H29N5O6S3/c1-13-28-29-24(39-13)38-12-15-11-37-21-18(20(32)30(21)19(15)22(33)34)27-17(31)10-16(14-8-6-5-7-9-14)26-23(35)36-25(2,3)4/h5-9,16,18,21H,10-12H2,1-4H3,(H,26,35)(H,27,31)(H,33,34)/t16?,18?,21-/m0/s1. The molecule has 0 saturated carbocycles. The summed E-state index contributed by atoms with van der Waals surface area (Å²) in [5.74, 6) is -1.35. The first-order valence-corrected chi connectivity index (χ1v) is 14.9. The van der Waals surface area contributed by atoms with Gasteiger partial charge in [-0.05, 0) is 38.8 Å². The van der Waals surface area contributed by atoms with Crippen molar-refractivity contribution < 1.29 is 29.0 Å². The molecule has 14 heteroatoms. The van der Waals surface area contributed by atoms with Crippen LogP contribution in [0, 0.1) is 6.92 Å². The molecule has 1 aromatic heterocycles. The van der Waals surface area contributed by atoms with Gasteiger partial charge in [-0.2, -0.15) is 0 Å². The molecule has 0 bridgehead atoms. The van der Waals surface area contributed by atoms with Crippen LogP contribution in [0.1, 0.15) is 43.8 Å². The van der Waals surface area contributed by atoms with Gasteiger partial charge in [0, 0.05) is 11.5 Å². The van der Waals surface area contributed by atoms with Crippen molar-refractivity contribution in [2.24, 2.45) is 0 Å². The molecule has 2 aliphatic heterocycles. The van der Waals surface area contributed by atoms with Gasteiger partial charge in [-0.3, -0.25) is 14.5 Å². The molecule has 1 aromatic carbocycles. The van der Waals surface area contributed by atoms with Crippen LogP contribution in [-0.4, -0.2) is 72.6 Å². The molecule has 1 fully saturated rings. The number of carboxylic acid groups (broad SMARTS) is 1. The largest absolute Gasteiger partial charge is 0.477 e. The molecule has 39 heavy (non-hydrogen) atoms. The topological polar surface area (TPSA) is 151 Å². The molecule has 3 atom stereocenters. The van der Waals surface area contributed by atoms with Gasteiger partial charge in [-0.15, -0.1) is 22.0 Å². The molecule has 0 spiro atoms. The quantitative estimate of drug-likeness (QED) is 0.293. The maximum absolute atomic E-state index is 13.0. The lowest BCUT2D eigenvalue weighted by atomic mass is 10.0. The molecule has 0 aliphatic carbocycles. The number of benzene rings is 1. The minimum atomic E-state index is -1.19. The number of nitrogens with one attached hydrogen (secondary N) is 2. The molecule has 1 saturated heterocycles. The van der Waals surface area contributed by atoms with Crippen molar-refractivity contribution in [2.45, 2.75) is 61.5 Å². The Morgan fingerprint density at radius 1 is 1.23 bits per heavy atom. The fraction of sp³-hybridized carbons (Fsp3) is 0.440. The molecule has 3 heterocycles. The number of rotatable bonds is 9. The van der Waals surface area contributed by atoms with Crippen LogP contribution in [0.25, 0.3) is 0 Å². The predicted molar refractivity (Wildman–Crippen MR) is 148 cm³/mol. The highest BCUT2D eigenvalue weighted by Crippen LogP contribution is 2.42. The fourth-order valence-electron chi connectivity index (χ4n) is 4.09. The summed E-state index contributed by atoms with van der Waals surface area (Å²) < 4.78 is 6.08. The number of carbonyl (C=O) groups is 4. The molecular weight excluding hydrogens is 563 g/mol. The zero-order valence-corrected chi connectivity index (χ0v) is 24.2. The van der Waals surface area contributed by atoms with Crippen LogP contribution in [0.15, 0.2) is 45.9 Å². The van der Waals surface area contributed by atoms with Crippen molar-refractivity contribution in [3.63, 3.8) is 0 Å². The summed E-state index contributed by atoms with van der Waals surface area (Å²) in [4.78, 5) is 51.9. The molecule has 0 radical (unpaired) electrons. The summed E-state index contributed by atoms with van der Waals surface area (Å²) in [5.41, 5.74) is 0.564. The van der Waals surface area contributed by atoms with Gasteiger partial charge >= 0.3 is 12.1 Å². The Labute approximate surface area is 238 Å². The van der Waals surface area contributed by atoms with E-state index in [9.17, 15) is 24.3 Å². The maximum Gasteiger partial charge on any atom is 0.408 e. The number of aliphatic carboxylic acids is 1. The maximum atomic E-state index is 13.0. The average Bonchev–Trinajstić information content (AvgIpc) is 3.29. The number of alkyl carbamates (subject to hydrolysis) is 1. The SMILES string of the molecule is Cc1nnc(SCC2=C(C(=O)O)N3C(=O)C(NC(=O)CC(NC(=O)OC(C)(C)C)c4ccccc4)[C@@H]3SC2)s1. The molecule has 4 rings (SSSR count). The van der Waals surface area contributed by atoms with Crippen molar-refractivity contribution in [1.82, 2.24) is 25.7 Å². The number of hydrogen-bond donors (Lipinski definition) is 3. The van der Waals surface area contributed by atoms with Gasteiger partial charge in [0.25, 0.3) is 5.91 Å². The summed E-state index contributed by atoms with van der Waals surface area (Å²) in [6, 6.07) is 7.44. The number of aryl methyl sites for hydroxylation is 1. The summed E-state index contributed by atoms with van der Waals surface area (Å²) in [6.45, 7) is 7.07. The summed E-state index contributed by atoms with van der Waals surface area (Å²) in [5, 5.41) is 23.7. The molecular formula is C25H29N5O6S3. The molecule has 3 N–H and O–H groups in total. The van der Waals surface area contributed by atoms with Crippen molar-refractivity contribution in [1.29, 1.82) is 0 Å². The Kier molecular flexibility index (Phi) is 8.86. The van der Waals surface area contributed by atoms with Crippen LogP contribution in [0.4, 0.5) is 4.79 Å². The third-order valence-corrected chi connectivity index (χ3v) is 9.12. The molecule has 208 valence electrons. The van der Waals surface area contributed by atoms with E-state index in [0.29, 0.717) is 22.6 Å². The van der Waals surface area contributed by atoms with E-state index in [1.807, 2.05) is 13.0 Å². The second kappa shape index (κ2) is 12.0. The Morgan fingerprint density at radius 3 is 2.56 bits per heavy atom. The molecule has 2 unspecified atom stereocenters. The highest BCUT2D eigenvalue weighted by atomic mass is 32.2. The second-order valence-electron chi connectivity index (χ2n) is 9.90. The van der Waals surface area contributed by atoms with Crippen LogP contribution >= 0.6 is 34.9 Å². The zero-order chi connectivity index (χ0) is 28.3. The summed E-state index contributed by atoms with van der Waals surface area (Å²) in [6.07, 6.45) is -0.793. The number of amides is 3. The van der Waals surface area contributed by atoms with Crippen molar-refractivity contribution in [3.8, 4) is 0 Å². The minimum absolute atomic E-state index is 0.0447. The second-order valence-corrected chi connectivity index (χ2v) is 13.4. The molecule has 2 aliphatic rings. The monoisotopic (exact) mass is 591 g/mol. The smallest absolute Gasteiger partial charge is 0.408 e. The number of nitrogens with zero attached hydrogens (tertiary/aromatic N) is 3. The minimum Gasteiger partial charge on any atom is -0.477 e. The van der Waals surface area contributed by atoms with E-state index in [0.717, 1.165) is 9.35 Å². The fourth-order valence-corrected chi connectivity index (χ4v) is 7.39. The average molecular weight is 592 g/mol. The van der Waals surface area contributed by atoms with E-state index >= 15 is 0 Å². The van der Waals surface area contributed by atoms with E-state index in [4.69, 9.17) is 4.74 Å². The number of ether oxygens (including phenoxy) is 1. The van der Waals surface area contributed by atoms with Crippen LogP contribution in [0.5, 0.6) is 0 Å². The third kappa shape index (κ3) is 7.11. The van der Waals surface area contributed by atoms with Crippen molar-refractivity contribution in [3.05, 3.63) is 52.2 Å². The Hall–Kier alpha value is -3.10. The Balaban J connectivity index is 1.42. The van der Waals surface area contributed by atoms with E-state index in [1.165, 1.54) is 39.8 Å². The summed E-state index contributed by atoms with van der Waals surface area (Å²) >= 11 is 4.20. The first-order chi connectivity index (χ1) is 18.4. The van der Waals surface area contributed by atoms with Gasteiger partial charge in [0.05, 0.1) is 12.5 Å². The lowest BCUT2D eigenvalue weighted by Gasteiger charge is -2.49. The Morgan fingerprint density at radius 2 is 1.95 bits per heavy atom. The van der Waals surface area contributed by atoms with Crippen LogP contribution < -0.4 is 10.6 Å². The third-order valence-electron chi connectivity index (χ3n) is 5.73. The van der Waals surface area contributed by atoms with Gasteiger partial charge in [0.1, 0.15) is 27.7 Å². The van der Waals surface area contributed by atoms with Gasteiger partial charge < -0.3 is 20.5 Å². The van der Waals surface area contributed by atoms with Crippen LogP contribution in [0.2, 0.25) is 0 Å². The van der Waals surface area contributed by atoms with Crippen molar-refractivity contribution in [2.75, 3.05) is 11.5 Å². The number of aromatic nitrogens is 2. The zero-order valence-electron chi connectivity index (χ0n) is 21.8. The lowest BCUT2D eigenvalue weighted by molar-refractivity contribution is -0.150. The Bertz CT molecular complexity index is 1290. The van der Waals surface area contributed by atoms with Gasteiger partial charge in [-0.25, -0.2) is 9.59 Å². The number of hydrogen-bond acceptors (Lipinski definition) is 10. The first kappa shape index (κ1) is 28.9. The molecule has 11 nitrogen and oxygen atoms in total. The highest BCUT2D eigenvalue weighted by Gasteiger charge is 2.54. The van der Waals surface area contributed by atoms with Gasteiger partial charge in [-0.1, -0.05) is 53.4 Å². The highest BCUT2D eigenvalue weighted by molar-refractivity contribution is 8.01. The number of carbonyl (C=O) groups excluding carboxylic acids is 3. The van der Waals surface area contributed by atoms with E-state index in [-0.39, 0.29) is 12.1 Å². The van der Waals surface area contributed by atoms with Gasteiger partial charge in [0.2, 0.25) is 5.91 Å². The van der Waals surface area contributed by atoms with Crippen LogP contribution in [0.3, 0.4) is 0 Å². The number of carboxylic acids is 1. The normalized spacial score (nSPS) is 19.6. The van der Waals surface area contributed by atoms with E-state index in [1.54, 1.807) is 45.0 Å². The molecule has 3 amide bonds. The summed E-state index contributed by atoms with van der Waals surface area (Å²) in [7, 11) is 0. The lowest BCUT2D eigenvalue weighted by Crippen LogP contribution is -2.70. The first-order valence-electron chi connectivity index (χ1n) is 12.1. The van der Waals surface area contributed by atoms with E-state index in [2.05, 4.69) is 20.8 Å². The van der Waals surface area contributed by atoms with E-state index < -0.39 is 46.9 Å².